The first-order valence-electron chi connectivity index (χ1n) is 9.19. The molecular formula is C21H17ClFN7O. The summed E-state index contributed by atoms with van der Waals surface area (Å²) in [7, 11) is 3.38. The summed E-state index contributed by atoms with van der Waals surface area (Å²) in [6.45, 7) is 0. The average Bonchev–Trinajstić information content (AvgIpc) is 3.24. The molecule has 10 heteroatoms. The van der Waals surface area contributed by atoms with Gasteiger partial charge in [-0.3, -0.25) is 10.2 Å². The van der Waals surface area contributed by atoms with Gasteiger partial charge in [-0.15, -0.1) is 5.10 Å². The number of nitrogens with zero attached hydrogens (tertiary/aromatic N) is 5. The van der Waals surface area contributed by atoms with E-state index in [9.17, 15) is 9.18 Å². The second kappa shape index (κ2) is 8.11. The molecule has 0 aliphatic rings. The van der Waals surface area contributed by atoms with Crippen LogP contribution in [0.5, 0.6) is 0 Å². The van der Waals surface area contributed by atoms with Gasteiger partial charge in [0.05, 0.1) is 11.4 Å². The van der Waals surface area contributed by atoms with Crippen LogP contribution in [0, 0.1) is 11.2 Å². The Hall–Kier alpha value is -3.85. The van der Waals surface area contributed by atoms with Crippen molar-refractivity contribution in [3.05, 3.63) is 76.8 Å². The molecule has 1 heterocycles. The van der Waals surface area contributed by atoms with Gasteiger partial charge in [0.2, 0.25) is 5.82 Å². The molecule has 0 aliphatic heterocycles. The number of carbonyl (C=O) groups is 1. The zero-order valence-electron chi connectivity index (χ0n) is 16.6. The molecule has 0 fully saturated rings. The van der Waals surface area contributed by atoms with Gasteiger partial charge in [0.1, 0.15) is 11.7 Å². The number of aromatic nitrogens is 4. The molecule has 0 aliphatic carbocycles. The first-order chi connectivity index (χ1) is 14.8. The number of fused-ring (bicyclic) bond motifs is 1. The Labute approximate surface area is 181 Å². The molecule has 4 rings (SSSR count). The molecule has 3 aromatic carbocycles. The zero-order valence-corrected chi connectivity index (χ0v) is 17.4. The summed E-state index contributed by atoms with van der Waals surface area (Å²) < 4.78 is 15.8. The van der Waals surface area contributed by atoms with E-state index >= 15 is 0 Å². The van der Waals surface area contributed by atoms with Crippen LogP contribution in [0.1, 0.15) is 16.2 Å². The van der Waals surface area contributed by atoms with Gasteiger partial charge in [-0.05, 0) is 63.7 Å². The fraction of sp³-hybridized carbons (Fsp3) is 0.0952. The maximum absolute atomic E-state index is 14.5. The molecule has 0 saturated heterocycles. The molecular weight excluding hydrogens is 421 g/mol. The van der Waals surface area contributed by atoms with Crippen molar-refractivity contribution in [3.8, 4) is 5.69 Å². The Kier molecular flexibility index (Phi) is 5.35. The van der Waals surface area contributed by atoms with E-state index in [1.807, 2.05) is 24.3 Å². The van der Waals surface area contributed by atoms with E-state index in [-0.39, 0.29) is 17.3 Å². The monoisotopic (exact) mass is 437 g/mol. The fourth-order valence-corrected chi connectivity index (χ4v) is 3.22. The molecule has 0 radical (unpaired) electrons. The lowest BCUT2D eigenvalue weighted by atomic mass is 10.1. The highest BCUT2D eigenvalue weighted by Crippen LogP contribution is 2.23. The number of nitrogens with one attached hydrogen (secondary N) is 2. The number of tetrazole rings is 1. The molecule has 0 atom stereocenters. The van der Waals surface area contributed by atoms with Gasteiger partial charge in [0, 0.05) is 24.7 Å². The Morgan fingerprint density at radius 2 is 1.84 bits per heavy atom. The summed E-state index contributed by atoms with van der Waals surface area (Å²) in [6.07, 6.45) is 0. The Balaban J connectivity index is 1.61. The van der Waals surface area contributed by atoms with E-state index < -0.39 is 11.7 Å². The van der Waals surface area contributed by atoms with Gasteiger partial charge in [-0.1, -0.05) is 23.7 Å². The Morgan fingerprint density at radius 1 is 1.10 bits per heavy atom. The largest absolute Gasteiger partial charge is 0.363 e. The minimum Gasteiger partial charge on any atom is -0.363 e. The second-order valence-corrected chi connectivity index (χ2v) is 7.42. The second-order valence-electron chi connectivity index (χ2n) is 6.98. The van der Waals surface area contributed by atoms with Crippen LogP contribution in [-0.2, 0) is 0 Å². The number of benzene rings is 3. The minimum absolute atomic E-state index is 0.0389. The van der Waals surface area contributed by atoms with Gasteiger partial charge < -0.3 is 10.2 Å². The standard InChI is InChI=1S/C21H17ClFN7O/c1-29(2)19(24)14-5-8-18(17(23)11-14)25-21(31)20-26-27-28-30(20)16-7-4-12-9-15(22)6-3-13(12)10-16/h3-11,24H,1-2H3,(H,25,31). The maximum atomic E-state index is 14.5. The highest BCUT2D eigenvalue weighted by atomic mass is 35.5. The molecule has 0 spiro atoms. The van der Waals surface area contributed by atoms with Crippen molar-refractivity contribution in [1.29, 1.82) is 5.41 Å². The number of anilines is 1. The van der Waals surface area contributed by atoms with E-state index in [2.05, 4.69) is 20.8 Å². The summed E-state index contributed by atoms with van der Waals surface area (Å²) in [6, 6.07) is 15.0. The third-order valence-electron chi connectivity index (χ3n) is 4.64. The molecule has 0 unspecified atom stereocenters. The summed E-state index contributed by atoms with van der Waals surface area (Å²) in [5.41, 5.74) is 0.921. The SMILES string of the molecule is CN(C)C(=N)c1ccc(NC(=O)c2nnnn2-c2ccc3cc(Cl)ccc3c2)c(F)c1. The number of halogens is 2. The third-order valence-corrected chi connectivity index (χ3v) is 4.88. The average molecular weight is 438 g/mol. The highest BCUT2D eigenvalue weighted by molar-refractivity contribution is 6.31. The topological polar surface area (TPSA) is 99.8 Å². The van der Waals surface area contributed by atoms with E-state index in [0.717, 1.165) is 10.8 Å². The van der Waals surface area contributed by atoms with Crippen molar-refractivity contribution < 1.29 is 9.18 Å². The smallest absolute Gasteiger partial charge is 0.295 e. The minimum atomic E-state index is -0.671. The normalized spacial score (nSPS) is 10.8. The van der Waals surface area contributed by atoms with Crippen molar-refractivity contribution in [3.63, 3.8) is 0 Å². The fourth-order valence-electron chi connectivity index (χ4n) is 3.04. The summed E-state index contributed by atoms with van der Waals surface area (Å²) in [5, 5.41) is 24.1. The summed E-state index contributed by atoms with van der Waals surface area (Å²) in [5.74, 6) is -1.29. The van der Waals surface area contributed by atoms with Crippen molar-refractivity contribution >= 4 is 39.8 Å². The van der Waals surface area contributed by atoms with Gasteiger partial charge >= 0.3 is 0 Å². The number of carbonyl (C=O) groups excluding carboxylic acids is 1. The van der Waals surface area contributed by atoms with Crippen LogP contribution in [0.15, 0.2) is 54.6 Å². The Bertz CT molecular complexity index is 1320. The lowest BCUT2D eigenvalue weighted by molar-refractivity contribution is 0.101. The highest BCUT2D eigenvalue weighted by Gasteiger charge is 2.19. The van der Waals surface area contributed by atoms with Crippen molar-refractivity contribution in [2.75, 3.05) is 19.4 Å². The van der Waals surface area contributed by atoms with E-state index in [1.165, 1.54) is 16.8 Å². The predicted molar refractivity (Wildman–Crippen MR) is 117 cm³/mol. The molecule has 2 N–H and O–H groups in total. The van der Waals surface area contributed by atoms with Crippen LogP contribution in [0.25, 0.3) is 16.5 Å². The van der Waals surface area contributed by atoms with E-state index in [1.54, 1.807) is 37.2 Å². The van der Waals surface area contributed by atoms with Crippen molar-refractivity contribution in [2.24, 2.45) is 0 Å². The zero-order chi connectivity index (χ0) is 22.1. The maximum Gasteiger partial charge on any atom is 0.295 e. The molecule has 1 aromatic heterocycles. The lowest BCUT2D eigenvalue weighted by Gasteiger charge is -2.14. The van der Waals surface area contributed by atoms with Crippen LogP contribution >= 0.6 is 11.6 Å². The molecule has 156 valence electrons. The molecule has 0 saturated carbocycles. The number of hydrogen-bond acceptors (Lipinski definition) is 5. The van der Waals surface area contributed by atoms with E-state index in [4.69, 9.17) is 17.0 Å². The third kappa shape index (κ3) is 4.08. The summed E-state index contributed by atoms with van der Waals surface area (Å²) in [4.78, 5) is 14.3. The van der Waals surface area contributed by atoms with Gasteiger partial charge in [0.15, 0.2) is 0 Å². The number of rotatable bonds is 4. The van der Waals surface area contributed by atoms with Gasteiger partial charge in [-0.25, -0.2) is 4.39 Å². The van der Waals surface area contributed by atoms with Crippen LogP contribution in [0.2, 0.25) is 5.02 Å². The predicted octanol–water partition coefficient (Wildman–Crippen LogP) is 3.75. The lowest BCUT2D eigenvalue weighted by Crippen LogP contribution is -2.22. The van der Waals surface area contributed by atoms with Crippen molar-refractivity contribution in [2.45, 2.75) is 0 Å². The van der Waals surface area contributed by atoms with Crippen LogP contribution in [0.4, 0.5) is 10.1 Å². The molecule has 8 nitrogen and oxygen atoms in total. The van der Waals surface area contributed by atoms with Gasteiger partial charge in [0.25, 0.3) is 5.91 Å². The van der Waals surface area contributed by atoms with Crippen LogP contribution in [0.3, 0.4) is 0 Å². The van der Waals surface area contributed by atoms with Gasteiger partial charge in [-0.2, -0.15) is 4.68 Å². The molecule has 31 heavy (non-hydrogen) atoms. The van der Waals surface area contributed by atoms with Crippen molar-refractivity contribution in [1.82, 2.24) is 25.1 Å². The van der Waals surface area contributed by atoms with Crippen LogP contribution < -0.4 is 5.32 Å². The first kappa shape index (κ1) is 20.4. The quantitative estimate of drug-likeness (QED) is 0.374. The summed E-state index contributed by atoms with van der Waals surface area (Å²) >= 11 is 6.02. The molecule has 4 aromatic rings. The first-order valence-corrected chi connectivity index (χ1v) is 9.56. The van der Waals surface area contributed by atoms with Crippen LogP contribution in [-0.4, -0.2) is 50.9 Å². The number of amidine groups is 1. The number of hydrogen-bond donors (Lipinski definition) is 2. The molecule has 0 bridgehead atoms. The van der Waals surface area contributed by atoms with E-state index in [0.29, 0.717) is 16.3 Å². The Morgan fingerprint density at radius 3 is 2.58 bits per heavy atom. The number of amides is 1. The molecule has 1 amide bonds.